The first-order valence-corrected chi connectivity index (χ1v) is 6.08. The maximum absolute atomic E-state index is 5.17. The number of nitrogens with zero attached hydrogens (tertiary/aromatic N) is 2. The topological polar surface area (TPSA) is 41.3 Å². The van der Waals surface area contributed by atoms with Crippen LogP contribution >= 0.6 is 0 Å². The smallest absolute Gasteiger partial charge is 0.180 e. The normalized spacial score (nSPS) is 22.1. The standard InChI is InChI=1S/C12H21N3O/c1-10(2)15-4-3-11(8-15)5-13-6-12-7-14-9-16-12/h7,9-11,13H,3-6,8H2,1-2H3. The molecule has 1 saturated heterocycles. The fraction of sp³-hybridized carbons (Fsp3) is 0.750. The fourth-order valence-electron chi connectivity index (χ4n) is 2.23. The second-order valence-electron chi connectivity index (χ2n) is 4.84. The fourth-order valence-corrected chi connectivity index (χ4v) is 2.23. The first-order valence-electron chi connectivity index (χ1n) is 6.08. The van der Waals surface area contributed by atoms with Crippen molar-refractivity contribution in [1.29, 1.82) is 0 Å². The predicted molar refractivity (Wildman–Crippen MR) is 63.0 cm³/mol. The summed E-state index contributed by atoms with van der Waals surface area (Å²) < 4.78 is 5.17. The molecular weight excluding hydrogens is 202 g/mol. The highest BCUT2D eigenvalue weighted by molar-refractivity contribution is 4.88. The predicted octanol–water partition coefficient (Wildman–Crippen LogP) is 1.49. The molecule has 1 aliphatic heterocycles. The van der Waals surface area contributed by atoms with Crippen LogP contribution in [0.25, 0.3) is 0 Å². The van der Waals surface area contributed by atoms with Gasteiger partial charge in [-0.2, -0.15) is 0 Å². The molecule has 0 bridgehead atoms. The van der Waals surface area contributed by atoms with E-state index in [1.165, 1.54) is 25.9 Å². The van der Waals surface area contributed by atoms with E-state index in [2.05, 4.69) is 29.0 Å². The molecule has 1 fully saturated rings. The summed E-state index contributed by atoms with van der Waals surface area (Å²) >= 11 is 0. The maximum atomic E-state index is 5.17. The van der Waals surface area contributed by atoms with Crippen LogP contribution in [0.2, 0.25) is 0 Å². The summed E-state index contributed by atoms with van der Waals surface area (Å²) in [5.74, 6) is 1.70. The van der Waals surface area contributed by atoms with Crippen molar-refractivity contribution in [2.45, 2.75) is 32.9 Å². The molecule has 90 valence electrons. The van der Waals surface area contributed by atoms with Crippen LogP contribution in [0.15, 0.2) is 17.0 Å². The summed E-state index contributed by atoms with van der Waals surface area (Å²) in [5, 5.41) is 3.43. The summed E-state index contributed by atoms with van der Waals surface area (Å²) in [5.41, 5.74) is 0. The Bertz CT molecular complexity index is 297. The van der Waals surface area contributed by atoms with E-state index >= 15 is 0 Å². The van der Waals surface area contributed by atoms with Gasteiger partial charge >= 0.3 is 0 Å². The van der Waals surface area contributed by atoms with Crippen LogP contribution in [-0.4, -0.2) is 35.6 Å². The summed E-state index contributed by atoms with van der Waals surface area (Å²) in [7, 11) is 0. The van der Waals surface area contributed by atoms with Crippen LogP contribution < -0.4 is 5.32 Å². The lowest BCUT2D eigenvalue weighted by Gasteiger charge is -2.20. The van der Waals surface area contributed by atoms with E-state index in [9.17, 15) is 0 Å². The van der Waals surface area contributed by atoms with Crippen molar-refractivity contribution in [2.24, 2.45) is 5.92 Å². The van der Waals surface area contributed by atoms with Gasteiger partial charge in [-0.3, -0.25) is 0 Å². The Morgan fingerprint density at radius 1 is 1.62 bits per heavy atom. The molecule has 16 heavy (non-hydrogen) atoms. The number of nitrogens with one attached hydrogen (secondary N) is 1. The van der Waals surface area contributed by atoms with Crippen LogP contribution in [0.5, 0.6) is 0 Å². The highest BCUT2D eigenvalue weighted by Gasteiger charge is 2.23. The Kier molecular flexibility index (Phi) is 3.96. The van der Waals surface area contributed by atoms with Gasteiger partial charge in [0.1, 0.15) is 5.76 Å². The molecule has 0 radical (unpaired) electrons. The number of aromatic nitrogens is 1. The van der Waals surface area contributed by atoms with E-state index in [1.54, 1.807) is 6.20 Å². The molecule has 0 amide bonds. The number of oxazole rings is 1. The van der Waals surface area contributed by atoms with Crippen molar-refractivity contribution in [1.82, 2.24) is 15.2 Å². The molecular formula is C12H21N3O. The zero-order chi connectivity index (χ0) is 11.4. The molecule has 4 nitrogen and oxygen atoms in total. The van der Waals surface area contributed by atoms with Crippen LogP contribution in [0.1, 0.15) is 26.0 Å². The minimum Gasteiger partial charge on any atom is -0.447 e. The van der Waals surface area contributed by atoms with Gasteiger partial charge in [0.25, 0.3) is 0 Å². The molecule has 1 aromatic rings. The van der Waals surface area contributed by atoms with Gasteiger partial charge < -0.3 is 14.6 Å². The average molecular weight is 223 g/mol. The summed E-state index contributed by atoms with van der Waals surface area (Å²) in [6, 6.07) is 0.680. The van der Waals surface area contributed by atoms with E-state index < -0.39 is 0 Å². The number of likely N-dealkylation sites (tertiary alicyclic amines) is 1. The third kappa shape index (κ3) is 3.06. The quantitative estimate of drug-likeness (QED) is 0.821. The molecule has 2 heterocycles. The second-order valence-corrected chi connectivity index (χ2v) is 4.84. The molecule has 4 heteroatoms. The summed E-state index contributed by atoms with van der Waals surface area (Å²) in [4.78, 5) is 6.44. The van der Waals surface area contributed by atoms with Gasteiger partial charge in [-0.25, -0.2) is 4.98 Å². The molecule has 1 aromatic heterocycles. The van der Waals surface area contributed by atoms with Gasteiger partial charge in [0.05, 0.1) is 12.7 Å². The lowest BCUT2D eigenvalue weighted by Crippen LogP contribution is -2.30. The van der Waals surface area contributed by atoms with E-state index in [1.807, 2.05) is 0 Å². The Morgan fingerprint density at radius 3 is 3.12 bits per heavy atom. The third-order valence-electron chi connectivity index (χ3n) is 3.26. The van der Waals surface area contributed by atoms with Crippen molar-refractivity contribution >= 4 is 0 Å². The molecule has 0 aromatic carbocycles. The zero-order valence-electron chi connectivity index (χ0n) is 10.1. The highest BCUT2D eigenvalue weighted by Crippen LogP contribution is 2.17. The first-order chi connectivity index (χ1) is 7.75. The molecule has 1 N–H and O–H groups in total. The summed E-state index contributed by atoms with van der Waals surface area (Å²) in [6.07, 6.45) is 4.55. The minimum absolute atomic E-state index is 0.680. The average Bonchev–Trinajstić information content (AvgIpc) is 2.87. The largest absolute Gasteiger partial charge is 0.447 e. The van der Waals surface area contributed by atoms with E-state index in [4.69, 9.17) is 4.42 Å². The Morgan fingerprint density at radius 2 is 2.50 bits per heavy atom. The minimum atomic E-state index is 0.680. The second kappa shape index (κ2) is 5.46. The maximum Gasteiger partial charge on any atom is 0.180 e. The van der Waals surface area contributed by atoms with Crippen molar-refractivity contribution in [3.8, 4) is 0 Å². The number of hydrogen-bond donors (Lipinski definition) is 1. The zero-order valence-corrected chi connectivity index (χ0v) is 10.1. The van der Waals surface area contributed by atoms with Gasteiger partial charge in [0.2, 0.25) is 0 Å². The highest BCUT2D eigenvalue weighted by atomic mass is 16.3. The molecule has 1 unspecified atom stereocenters. The summed E-state index contributed by atoms with van der Waals surface area (Å²) in [6.45, 7) is 8.87. The Labute approximate surface area is 97.0 Å². The van der Waals surface area contributed by atoms with Gasteiger partial charge in [-0.05, 0) is 39.3 Å². The first kappa shape index (κ1) is 11.6. The van der Waals surface area contributed by atoms with Gasteiger partial charge in [0.15, 0.2) is 6.39 Å². The van der Waals surface area contributed by atoms with Crippen LogP contribution in [0, 0.1) is 5.92 Å². The van der Waals surface area contributed by atoms with Crippen LogP contribution in [-0.2, 0) is 6.54 Å². The SMILES string of the molecule is CC(C)N1CCC(CNCc2cnco2)C1. The molecule has 0 saturated carbocycles. The van der Waals surface area contributed by atoms with Gasteiger partial charge in [-0.15, -0.1) is 0 Å². The van der Waals surface area contributed by atoms with Crippen molar-refractivity contribution < 1.29 is 4.42 Å². The van der Waals surface area contributed by atoms with Crippen molar-refractivity contribution in [3.05, 3.63) is 18.4 Å². The molecule has 0 aliphatic carbocycles. The van der Waals surface area contributed by atoms with Crippen molar-refractivity contribution in [3.63, 3.8) is 0 Å². The van der Waals surface area contributed by atoms with Crippen LogP contribution in [0.3, 0.4) is 0 Å². The monoisotopic (exact) mass is 223 g/mol. The van der Waals surface area contributed by atoms with E-state index in [-0.39, 0.29) is 0 Å². The lowest BCUT2D eigenvalue weighted by molar-refractivity contribution is 0.263. The van der Waals surface area contributed by atoms with E-state index in [0.717, 1.165) is 24.8 Å². The molecule has 1 atom stereocenters. The third-order valence-corrected chi connectivity index (χ3v) is 3.26. The molecule has 2 rings (SSSR count). The van der Waals surface area contributed by atoms with E-state index in [0.29, 0.717) is 6.04 Å². The van der Waals surface area contributed by atoms with Crippen LogP contribution in [0.4, 0.5) is 0 Å². The molecule has 1 aliphatic rings. The number of hydrogen-bond acceptors (Lipinski definition) is 4. The van der Waals surface area contributed by atoms with Crippen molar-refractivity contribution in [2.75, 3.05) is 19.6 Å². The Balaban J connectivity index is 1.64. The lowest BCUT2D eigenvalue weighted by atomic mass is 10.1. The van der Waals surface area contributed by atoms with Gasteiger partial charge in [0, 0.05) is 12.6 Å². The van der Waals surface area contributed by atoms with Gasteiger partial charge in [-0.1, -0.05) is 0 Å². The number of rotatable bonds is 5. The molecule has 0 spiro atoms. The Hall–Kier alpha value is -0.870.